The fraction of sp³-hybridized carbons (Fsp3) is 0.769. The molecule has 1 aliphatic carbocycles. The highest BCUT2D eigenvalue weighted by Crippen LogP contribution is 2.26. The Morgan fingerprint density at radius 2 is 2.22 bits per heavy atom. The first-order valence-corrected chi connectivity index (χ1v) is 6.76. The van der Waals surface area contributed by atoms with E-state index in [1.165, 1.54) is 0 Å². The van der Waals surface area contributed by atoms with Crippen LogP contribution in [-0.2, 0) is 16.0 Å². The predicted octanol–water partition coefficient (Wildman–Crippen LogP) is 1.88. The van der Waals surface area contributed by atoms with Crippen molar-refractivity contribution in [1.82, 2.24) is 10.1 Å². The number of carbonyl (C=O) groups excluding carboxylic acids is 1. The van der Waals surface area contributed by atoms with Crippen molar-refractivity contribution in [2.24, 2.45) is 5.92 Å². The smallest absolute Gasteiger partial charge is 0.227 e. The largest absolute Gasteiger partial charge is 0.381 e. The number of ketones is 1. The van der Waals surface area contributed by atoms with Gasteiger partial charge in [-0.05, 0) is 19.3 Å². The quantitative estimate of drug-likeness (QED) is 0.819. The van der Waals surface area contributed by atoms with Crippen LogP contribution < -0.4 is 0 Å². The maximum Gasteiger partial charge on any atom is 0.227 e. The molecule has 0 aromatic carbocycles. The van der Waals surface area contributed by atoms with Crippen LogP contribution in [0.25, 0.3) is 0 Å². The van der Waals surface area contributed by atoms with Gasteiger partial charge in [-0.2, -0.15) is 4.98 Å². The molecular weight excluding hydrogens is 232 g/mol. The molecule has 1 aliphatic heterocycles. The zero-order valence-electron chi connectivity index (χ0n) is 10.4. The third-order valence-electron chi connectivity index (χ3n) is 3.88. The predicted molar refractivity (Wildman–Crippen MR) is 63.1 cm³/mol. The average molecular weight is 250 g/mol. The lowest BCUT2D eigenvalue weighted by Gasteiger charge is -2.18. The number of hydrogen-bond acceptors (Lipinski definition) is 5. The van der Waals surface area contributed by atoms with Crippen LogP contribution in [0.4, 0.5) is 0 Å². The van der Waals surface area contributed by atoms with Gasteiger partial charge in [-0.15, -0.1) is 0 Å². The van der Waals surface area contributed by atoms with Crippen molar-refractivity contribution in [3.05, 3.63) is 11.7 Å². The molecule has 98 valence electrons. The summed E-state index contributed by atoms with van der Waals surface area (Å²) in [4.78, 5) is 16.2. The van der Waals surface area contributed by atoms with Crippen molar-refractivity contribution >= 4 is 5.78 Å². The van der Waals surface area contributed by atoms with Gasteiger partial charge in [0.25, 0.3) is 0 Å². The summed E-state index contributed by atoms with van der Waals surface area (Å²) in [6.45, 7) is 1.46. The molecule has 2 unspecified atom stereocenters. The van der Waals surface area contributed by atoms with Crippen molar-refractivity contribution < 1.29 is 14.1 Å². The van der Waals surface area contributed by atoms with Gasteiger partial charge in [0, 0.05) is 31.3 Å². The van der Waals surface area contributed by atoms with Crippen LogP contribution in [0, 0.1) is 5.92 Å². The summed E-state index contributed by atoms with van der Waals surface area (Å²) in [5.74, 6) is 2.06. The lowest BCUT2D eigenvalue weighted by atomic mass is 9.86. The van der Waals surface area contributed by atoms with Crippen LogP contribution in [0.5, 0.6) is 0 Å². The number of Topliss-reactive ketones (excluding diaryl/α,β-unsaturated/α-hetero) is 1. The Bertz CT molecular complexity index is 424. The van der Waals surface area contributed by atoms with Crippen LogP contribution in [0.1, 0.15) is 49.7 Å². The Labute approximate surface area is 106 Å². The fourth-order valence-corrected chi connectivity index (χ4v) is 2.74. The Hall–Kier alpha value is -1.23. The minimum atomic E-state index is 0.0897. The molecular formula is C13H18N2O3. The molecule has 2 aliphatic rings. The number of carbonyl (C=O) groups is 1. The Balaban J connectivity index is 1.64. The second-order valence-electron chi connectivity index (χ2n) is 5.22. The fourth-order valence-electron chi connectivity index (χ4n) is 2.74. The van der Waals surface area contributed by atoms with E-state index in [0.29, 0.717) is 31.1 Å². The molecule has 2 fully saturated rings. The Morgan fingerprint density at radius 1 is 1.28 bits per heavy atom. The first-order chi connectivity index (χ1) is 8.83. The summed E-state index contributed by atoms with van der Waals surface area (Å²) in [6.07, 6.45) is 5.41. The summed E-state index contributed by atoms with van der Waals surface area (Å²) in [5.41, 5.74) is 0. The third-order valence-corrected chi connectivity index (χ3v) is 3.88. The number of aromatic nitrogens is 2. The van der Waals surface area contributed by atoms with E-state index in [2.05, 4.69) is 10.1 Å². The maximum atomic E-state index is 11.8. The van der Waals surface area contributed by atoms with Gasteiger partial charge in [0.15, 0.2) is 5.82 Å². The monoisotopic (exact) mass is 250 g/mol. The van der Waals surface area contributed by atoms with Gasteiger partial charge in [-0.3, -0.25) is 4.79 Å². The van der Waals surface area contributed by atoms with Gasteiger partial charge in [-0.1, -0.05) is 11.6 Å². The molecule has 0 spiro atoms. The van der Waals surface area contributed by atoms with E-state index in [1.807, 2.05) is 0 Å². The summed E-state index contributed by atoms with van der Waals surface area (Å²) in [6, 6.07) is 0. The van der Waals surface area contributed by atoms with Crippen LogP contribution in [-0.4, -0.2) is 29.1 Å². The molecule has 0 bridgehead atoms. The van der Waals surface area contributed by atoms with E-state index in [-0.39, 0.29) is 11.8 Å². The molecule has 2 heterocycles. The molecule has 0 amide bonds. The van der Waals surface area contributed by atoms with Crippen LogP contribution in [0.2, 0.25) is 0 Å². The zero-order valence-corrected chi connectivity index (χ0v) is 10.4. The summed E-state index contributed by atoms with van der Waals surface area (Å²) in [7, 11) is 0. The van der Waals surface area contributed by atoms with Gasteiger partial charge in [0.05, 0.1) is 6.61 Å². The van der Waals surface area contributed by atoms with E-state index < -0.39 is 0 Å². The second kappa shape index (κ2) is 5.18. The number of nitrogens with zero attached hydrogens (tertiary/aromatic N) is 2. The topological polar surface area (TPSA) is 65.2 Å². The van der Waals surface area contributed by atoms with Crippen LogP contribution in [0.15, 0.2) is 4.52 Å². The molecule has 5 nitrogen and oxygen atoms in total. The standard InChI is InChI=1S/C13H18N2O3/c16-11-4-2-1-3-9(11)7-12-14-13(15-18-12)10-5-6-17-8-10/h9-10H,1-8H2. The SMILES string of the molecule is O=C1CCCCC1Cc1nc(C2CCOC2)no1. The molecule has 0 N–H and O–H groups in total. The number of rotatable bonds is 3. The summed E-state index contributed by atoms with van der Waals surface area (Å²) >= 11 is 0. The zero-order chi connectivity index (χ0) is 12.4. The average Bonchev–Trinajstić information content (AvgIpc) is 3.02. The van der Waals surface area contributed by atoms with Crippen LogP contribution >= 0.6 is 0 Å². The molecule has 3 rings (SSSR count). The highest BCUT2D eigenvalue weighted by atomic mass is 16.5. The first kappa shape index (κ1) is 11.8. The van der Waals surface area contributed by atoms with Crippen LogP contribution in [0.3, 0.4) is 0 Å². The van der Waals surface area contributed by atoms with E-state index in [1.54, 1.807) is 0 Å². The van der Waals surface area contributed by atoms with E-state index in [4.69, 9.17) is 9.26 Å². The molecule has 1 saturated carbocycles. The highest BCUT2D eigenvalue weighted by Gasteiger charge is 2.27. The molecule has 1 saturated heterocycles. The minimum absolute atomic E-state index is 0.0897. The Kier molecular flexibility index (Phi) is 3.41. The maximum absolute atomic E-state index is 11.8. The van der Waals surface area contributed by atoms with E-state index in [0.717, 1.165) is 38.1 Å². The minimum Gasteiger partial charge on any atom is -0.381 e. The first-order valence-electron chi connectivity index (χ1n) is 6.76. The van der Waals surface area contributed by atoms with Gasteiger partial charge in [-0.25, -0.2) is 0 Å². The molecule has 0 radical (unpaired) electrons. The lowest BCUT2D eigenvalue weighted by Crippen LogP contribution is -2.21. The van der Waals surface area contributed by atoms with E-state index >= 15 is 0 Å². The summed E-state index contributed by atoms with van der Waals surface area (Å²) in [5, 5.41) is 4.01. The van der Waals surface area contributed by atoms with E-state index in [9.17, 15) is 4.79 Å². The van der Waals surface area contributed by atoms with Gasteiger partial charge >= 0.3 is 0 Å². The molecule has 5 heteroatoms. The number of ether oxygens (including phenoxy) is 1. The lowest BCUT2D eigenvalue weighted by molar-refractivity contribution is -0.124. The third kappa shape index (κ3) is 2.46. The molecule has 18 heavy (non-hydrogen) atoms. The number of hydrogen-bond donors (Lipinski definition) is 0. The van der Waals surface area contributed by atoms with Gasteiger partial charge < -0.3 is 9.26 Å². The van der Waals surface area contributed by atoms with Gasteiger partial charge in [0.2, 0.25) is 5.89 Å². The van der Waals surface area contributed by atoms with Crippen molar-refractivity contribution in [3.63, 3.8) is 0 Å². The molecule has 2 atom stereocenters. The summed E-state index contributed by atoms with van der Waals surface area (Å²) < 4.78 is 10.6. The van der Waals surface area contributed by atoms with Crippen molar-refractivity contribution in [1.29, 1.82) is 0 Å². The van der Waals surface area contributed by atoms with Crippen molar-refractivity contribution in [2.75, 3.05) is 13.2 Å². The second-order valence-corrected chi connectivity index (χ2v) is 5.22. The molecule has 1 aromatic heterocycles. The van der Waals surface area contributed by atoms with Crippen molar-refractivity contribution in [3.8, 4) is 0 Å². The normalized spacial score (nSPS) is 28.8. The van der Waals surface area contributed by atoms with Gasteiger partial charge in [0.1, 0.15) is 5.78 Å². The van der Waals surface area contributed by atoms with Crippen molar-refractivity contribution in [2.45, 2.75) is 44.4 Å². The molecule has 1 aromatic rings. The highest BCUT2D eigenvalue weighted by molar-refractivity contribution is 5.81. The Morgan fingerprint density at radius 3 is 3.00 bits per heavy atom.